The van der Waals surface area contributed by atoms with E-state index in [0.717, 1.165) is 27.5 Å². The van der Waals surface area contributed by atoms with Gasteiger partial charge in [-0.1, -0.05) is 159 Å². The molecule has 1 nitrogen and oxygen atoms in total. The van der Waals surface area contributed by atoms with E-state index in [1.54, 1.807) is 0 Å². The summed E-state index contributed by atoms with van der Waals surface area (Å²) >= 11 is 0. The summed E-state index contributed by atoms with van der Waals surface area (Å²) in [6.07, 6.45) is 0. The molecule has 0 radical (unpaired) electrons. The molecule has 1 aliphatic carbocycles. The topological polar surface area (TPSA) is 13.1 Å². The van der Waals surface area contributed by atoms with Crippen molar-refractivity contribution in [3.8, 4) is 44.5 Å². The Morgan fingerprint density at radius 3 is 1.74 bits per heavy atom. The first-order valence-corrected chi connectivity index (χ1v) is 18.9. The molecule has 0 N–H and O–H groups in total. The fourth-order valence-electron chi connectivity index (χ4n) is 9.72. The van der Waals surface area contributed by atoms with Crippen LogP contribution in [0.4, 0.5) is 0 Å². The molecule has 11 aromatic rings. The van der Waals surface area contributed by atoms with Crippen molar-refractivity contribution in [2.75, 3.05) is 0 Å². The zero-order valence-corrected chi connectivity index (χ0v) is 30.1. The third-order valence-corrected chi connectivity index (χ3v) is 12.4. The van der Waals surface area contributed by atoms with E-state index in [1.165, 1.54) is 93.2 Å². The first-order valence-electron chi connectivity index (χ1n) is 18.9. The van der Waals surface area contributed by atoms with Crippen molar-refractivity contribution in [2.24, 2.45) is 0 Å². The molecular weight excluding hydrogens is 653 g/mol. The minimum atomic E-state index is -0.0803. The molecule has 0 bridgehead atoms. The highest BCUT2D eigenvalue weighted by atomic mass is 16.3. The molecule has 1 heteroatoms. The van der Waals surface area contributed by atoms with Gasteiger partial charge in [0.1, 0.15) is 11.2 Å². The van der Waals surface area contributed by atoms with Gasteiger partial charge in [0, 0.05) is 21.8 Å². The van der Waals surface area contributed by atoms with Crippen LogP contribution in [0.1, 0.15) is 25.0 Å². The van der Waals surface area contributed by atoms with E-state index in [9.17, 15) is 0 Å². The SMILES string of the molecule is CC1(C)c2ccccc2-c2ccc(-c3ccc(-c4ccc(-c5ccc6ccc7cccc8ccc5c6c78)cc4)c4c3oc3cc5ccccc5cc34)cc21. The van der Waals surface area contributed by atoms with Gasteiger partial charge in [-0.05, 0) is 117 Å². The highest BCUT2D eigenvalue weighted by Gasteiger charge is 2.35. The first kappa shape index (κ1) is 29.8. The molecule has 54 heavy (non-hydrogen) atoms. The van der Waals surface area contributed by atoms with Crippen molar-refractivity contribution < 1.29 is 4.42 Å². The summed E-state index contributed by atoms with van der Waals surface area (Å²) in [5.74, 6) is 0. The molecule has 0 fully saturated rings. The Morgan fingerprint density at radius 1 is 0.352 bits per heavy atom. The lowest BCUT2D eigenvalue weighted by molar-refractivity contribution is 0.660. The Kier molecular flexibility index (Phi) is 5.90. The highest BCUT2D eigenvalue weighted by molar-refractivity contribution is 6.25. The van der Waals surface area contributed by atoms with Crippen molar-refractivity contribution in [1.29, 1.82) is 0 Å². The van der Waals surface area contributed by atoms with Gasteiger partial charge in [-0.25, -0.2) is 0 Å². The van der Waals surface area contributed by atoms with Gasteiger partial charge in [0.05, 0.1) is 0 Å². The molecule has 0 saturated heterocycles. The van der Waals surface area contributed by atoms with Gasteiger partial charge in [-0.3, -0.25) is 0 Å². The van der Waals surface area contributed by atoms with Crippen molar-refractivity contribution in [1.82, 2.24) is 0 Å². The van der Waals surface area contributed by atoms with Crippen LogP contribution in [0.5, 0.6) is 0 Å². The summed E-state index contributed by atoms with van der Waals surface area (Å²) in [6, 6.07) is 62.9. The summed E-state index contributed by atoms with van der Waals surface area (Å²) < 4.78 is 6.94. The van der Waals surface area contributed by atoms with Crippen LogP contribution in [-0.4, -0.2) is 0 Å². The van der Waals surface area contributed by atoms with E-state index < -0.39 is 0 Å². The minimum Gasteiger partial charge on any atom is -0.455 e. The van der Waals surface area contributed by atoms with Crippen LogP contribution in [0.3, 0.4) is 0 Å². The molecule has 12 rings (SSSR count). The van der Waals surface area contributed by atoms with Crippen molar-refractivity contribution in [3.05, 3.63) is 181 Å². The van der Waals surface area contributed by atoms with Crippen molar-refractivity contribution in [3.63, 3.8) is 0 Å². The summed E-state index contributed by atoms with van der Waals surface area (Å²) in [6.45, 7) is 4.69. The average Bonchev–Trinajstić information content (AvgIpc) is 3.70. The number of hydrogen-bond acceptors (Lipinski definition) is 1. The van der Waals surface area contributed by atoms with E-state index in [4.69, 9.17) is 4.42 Å². The average molecular weight is 687 g/mol. The molecule has 0 amide bonds. The van der Waals surface area contributed by atoms with Crippen LogP contribution in [0.15, 0.2) is 174 Å². The van der Waals surface area contributed by atoms with Gasteiger partial charge in [0.25, 0.3) is 0 Å². The summed E-state index contributed by atoms with van der Waals surface area (Å²) in [5, 5.41) is 12.6. The molecule has 0 spiro atoms. The van der Waals surface area contributed by atoms with E-state index in [-0.39, 0.29) is 5.41 Å². The number of benzene rings is 10. The van der Waals surface area contributed by atoms with Gasteiger partial charge in [0.2, 0.25) is 0 Å². The second-order valence-corrected chi connectivity index (χ2v) is 15.6. The molecule has 0 aliphatic heterocycles. The predicted molar refractivity (Wildman–Crippen MR) is 229 cm³/mol. The van der Waals surface area contributed by atoms with E-state index in [0.29, 0.717) is 0 Å². The summed E-state index contributed by atoms with van der Waals surface area (Å²) in [7, 11) is 0. The maximum absolute atomic E-state index is 6.94. The Balaban J connectivity index is 1.04. The Labute approximate surface area is 313 Å². The molecule has 252 valence electrons. The third kappa shape index (κ3) is 4.04. The van der Waals surface area contributed by atoms with Crippen LogP contribution >= 0.6 is 0 Å². The summed E-state index contributed by atoms with van der Waals surface area (Å²) in [5.41, 5.74) is 14.3. The maximum Gasteiger partial charge on any atom is 0.143 e. The van der Waals surface area contributed by atoms with Crippen molar-refractivity contribution >= 4 is 65.0 Å². The van der Waals surface area contributed by atoms with Crippen molar-refractivity contribution in [2.45, 2.75) is 19.3 Å². The zero-order chi connectivity index (χ0) is 35.7. The smallest absolute Gasteiger partial charge is 0.143 e. The van der Waals surface area contributed by atoms with Gasteiger partial charge in [-0.2, -0.15) is 0 Å². The number of furan rings is 1. The fourth-order valence-corrected chi connectivity index (χ4v) is 9.72. The third-order valence-electron chi connectivity index (χ3n) is 12.4. The lowest BCUT2D eigenvalue weighted by atomic mass is 9.81. The molecule has 0 atom stereocenters. The largest absolute Gasteiger partial charge is 0.455 e. The molecule has 1 aliphatic rings. The molecule has 10 aromatic carbocycles. The van der Waals surface area contributed by atoms with Crippen LogP contribution in [0.2, 0.25) is 0 Å². The van der Waals surface area contributed by atoms with E-state index in [2.05, 4.69) is 184 Å². The number of hydrogen-bond donors (Lipinski definition) is 0. The first-order chi connectivity index (χ1) is 26.5. The lowest BCUT2D eigenvalue weighted by Gasteiger charge is -2.22. The number of fused-ring (bicyclic) bond motifs is 7. The number of rotatable bonds is 3. The molecular formula is C53H34O. The van der Waals surface area contributed by atoms with Gasteiger partial charge < -0.3 is 4.42 Å². The fraction of sp³-hybridized carbons (Fsp3) is 0.0566. The predicted octanol–water partition coefficient (Wildman–Crippen LogP) is 14.9. The zero-order valence-electron chi connectivity index (χ0n) is 30.1. The van der Waals surface area contributed by atoms with Crippen LogP contribution in [-0.2, 0) is 5.41 Å². The second kappa shape index (κ2) is 10.7. The quantitative estimate of drug-likeness (QED) is 0.169. The standard InChI is InChI=1S/C53H34O/c1-53(2)46-13-6-5-12-42(46)43-24-22-38(29-47(43)53)41-27-26-40(51-45-28-36-8-3-4-9-37(36)30-48(45)54-52(41)51)32-16-14-31(15-17-32)39-23-20-35-19-18-33-10-7-11-34-21-25-44(39)50(35)49(33)34/h3-30H,1-2H3. The summed E-state index contributed by atoms with van der Waals surface area (Å²) in [4.78, 5) is 0. The molecule has 0 saturated carbocycles. The Hall–Kier alpha value is -6.70. The Bertz CT molecular complexity index is 3320. The van der Waals surface area contributed by atoms with Crippen LogP contribution < -0.4 is 0 Å². The van der Waals surface area contributed by atoms with E-state index in [1.807, 2.05) is 0 Å². The molecule has 1 heterocycles. The lowest BCUT2D eigenvalue weighted by Crippen LogP contribution is -2.14. The monoisotopic (exact) mass is 686 g/mol. The van der Waals surface area contributed by atoms with Crippen LogP contribution in [0.25, 0.3) is 110 Å². The molecule has 0 unspecified atom stereocenters. The second-order valence-electron chi connectivity index (χ2n) is 15.6. The van der Waals surface area contributed by atoms with Gasteiger partial charge in [0.15, 0.2) is 0 Å². The normalized spacial score (nSPS) is 13.5. The van der Waals surface area contributed by atoms with Crippen LogP contribution in [0, 0.1) is 0 Å². The highest BCUT2D eigenvalue weighted by Crippen LogP contribution is 2.51. The van der Waals surface area contributed by atoms with E-state index >= 15 is 0 Å². The maximum atomic E-state index is 6.94. The van der Waals surface area contributed by atoms with Gasteiger partial charge in [-0.15, -0.1) is 0 Å². The minimum absolute atomic E-state index is 0.0803. The Morgan fingerprint density at radius 2 is 0.926 bits per heavy atom. The molecule has 1 aromatic heterocycles. The van der Waals surface area contributed by atoms with Gasteiger partial charge >= 0.3 is 0 Å².